The van der Waals surface area contributed by atoms with Crippen LogP contribution in [0.4, 0.5) is 17.2 Å². The molecule has 1 aromatic carbocycles. The standard InChI is InChI=1S/C12H15N5O3/c1-16-12(13)8(7-15-16)6-14-10-4-3-9(20-2)5-11(10)17(18)19/h3-5,7,14H,6,13H2,1-2H3. The summed E-state index contributed by atoms with van der Waals surface area (Å²) in [7, 11) is 3.19. The number of benzene rings is 1. The lowest BCUT2D eigenvalue weighted by Gasteiger charge is -2.08. The molecule has 0 aliphatic heterocycles. The van der Waals surface area contributed by atoms with Gasteiger partial charge in [0.2, 0.25) is 0 Å². The van der Waals surface area contributed by atoms with E-state index in [9.17, 15) is 10.1 Å². The molecular formula is C12H15N5O3. The minimum atomic E-state index is -0.461. The van der Waals surface area contributed by atoms with E-state index in [1.54, 1.807) is 30.1 Å². The quantitative estimate of drug-likeness (QED) is 0.633. The summed E-state index contributed by atoms with van der Waals surface area (Å²) in [5, 5.41) is 18.0. The van der Waals surface area contributed by atoms with Crippen LogP contribution in [0.1, 0.15) is 5.56 Å². The van der Waals surface area contributed by atoms with Crippen LogP contribution in [0.15, 0.2) is 24.4 Å². The van der Waals surface area contributed by atoms with Gasteiger partial charge in [-0.25, -0.2) is 0 Å². The smallest absolute Gasteiger partial charge is 0.296 e. The highest BCUT2D eigenvalue weighted by molar-refractivity contribution is 5.64. The summed E-state index contributed by atoms with van der Waals surface area (Å²) in [6.07, 6.45) is 1.62. The van der Waals surface area contributed by atoms with Gasteiger partial charge >= 0.3 is 0 Å². The average Bonchev–Trinajstić information content (AvgIpc) is 2.76. The van der Waals surface area contributed by atoms with Crippen molar-refractivity contribution < 1.29 is 9.66 Å². The third-order valence-corrected chi connectivity index (χ3v) is 2.94. The second kappa shape index (κ2) is 5.47. The summed E-state index contributed by atoms with van der Waals surface area (Å²) in [6, 6.07) is 4.63. The van der Waals surface area contributed by atoms with Gasteiger partial charge in [-0.15, -0.1) is 0 Å². The number of aromatic nitrogens is 2. The van der Waals surface area contributed by atoms with Crippen molar-refractivity contribution in [1.82, 2.24) is 9.78 Å². The highest BCUT2D eigenvalue weighted by Crippen LogP contribution is 2.29. The van der Waals surface area contributed by atoms with E-state index < -0.39 is 4.92 Å². The number of methoxy groups -OCH3 is 1. The van der Waals surface area contributed by atoms with Gasteiger partial charge in [0, 0.05) is 19.2 Å². The van der Waals surface area contributed by atoms with E-state index in [0.29, 0.717) is 23.8 Å². The van der Waals surface area contributed by atoms with Crippen LogP contribution >= 0.6 is 0 Å². The minimum absolute atomic E-state index is 0.0492. The topological polar surface area (TPSA) is 108 Å². The number of nitro groups is 1. The van der Waals surface area contributed by atoms with Crippen molar-refractivity contribution in [2.75, 3.05) is 18.2 Å². The van der Waals surface area contributed by atoms with Gasteiger partial charge in [-0.1, -0.05) is 0 Å². The molecule has 0 spiro atoms. The van der Waals surface area contributed by atoms with Crippen molar-refractivity contribution in [2.45, 2.75) is 6.54 Å². The van der Waals surface area contributed by atoms with Crippen molar-refractivity contribution in [2.24, 2.45) is 7.05 Å². The maximum atomic E-state index is 11.0. The number of ether oxygens (including phenoxy) is 1. The second-order valence-electron chi connectivity index (χ2n) is 4.17. The Morgan fingerprint density at radius 3 is 2.85 bits per heavy atom. The number of hydrogen-bond donors (Lipinski definition) is 2. The molecule has 2 rings (SSSR count). The maximum Gasteiger partial charge on any atom is 0.296 e. The number of nitrogen functional groups attached to an aromatic ring is 1. The lowest BCUT2D eigenvalue weighted by molar-refractivity contribution is -0.384. The van der Waals surface area contributed by atoms with Crippen LogP contribution in [0.2, 0.25) is 0 Å². The first-order valence-corrected chi connectivity index (χ1v) is 5.85. The van der Waals surface area contributed by atoms with E-state index >= 15 is 0 Å². The first kappa shape index (κ1) is 13.7. The van der Waals surface area contributed by atoms with Crippen LogP contribution in [0.3, 0.4) is 0 Å². The molecule has 0 unspecified atom stereocenters. The van der Waals surface area contributed by atoms with Crippen LogP contribution in [0.25, 0.3) is 0 Å². The van der Waals surface area contributed by atoms with Gasteiger partial charge < -0.3 is 15.8 Å². The Morgan fingerprint density at radius 1 is 1.55 bits per heavy atom. The van der Waals surface area contributed by atoms with E-state index in [2.05, 4.69) is 10.4 Å². The Labute approximate surface area is 115 Å². The minimum Gasteiger partial charge on any atom is -0.496 e. The van der Waals surface area contributed by atoms with Gasteiger partial charge in [0.1, 0.15) is 17.3 Å². The molecule has 8 nitrogen and oxygen atoms in total. The fourth-order valence-corrected chi connectivity index (χ4v) is 1.76. The molecule has 0 amide bonds. The molecule has 0 fully saturated rings. The van der Waals surface area contributed by atoms with Crippen molar-refractivity contribution in [1.29, 1.82) is 0 Å². The monoisotopic (exact) mass is 277 g/mol. The first-order chi connectivity index (χ1) is 9.52. The molecule has 0 aliphatic carbocycles. The molecule has 8 heteroatoms. The van der Waals surface area contributed by atoms with Gasteiger partial charge in [-0.05, 0) is 12.1 Å². The zero-order valence-electron chi connectivity index (χ0n) is 11.2. The van der Waals surface area contributed by atoms with E-state index in [4.69, 9.17) is 10.5 Å². The molecule has 0 saturated carbocycles. The largest absolute Gasteiger partial charge is 0.496 e. The number of nitrogens with two attached hydrogens (primary N) is 1. The van der Waals surface area contributed by atoms with E-state index in [1.807, 2.05) is 0 Å². The molecule has 0 saturated heterocycles. The highest BCUT2D eigenvalue weighted by atomic mass is 16.6. The SMILES string of the molecule is COc1ccc(NCc2cnn(C)c2N)c([N+](=O)[O-])c1. The summed E-state index contributed by atoms with van der Waals surface area (Å²) in [5.41, 5.74) is 6.95. The van der Waals surface area contributed by atoms with Gasteiger partial charge in [0.25, 0.3) is 5.69 Å². The molecule has 0 aliphatic rings. The average molecular weight is 277 g/mol. The van der Waals surface area contributed by atoms with Crippen LogP contribution in [0, 0.1) is 10.1 Å². The van der Waals surface area contributed by atoms with Crippen molar-refractivity contribution in [3.05, 3.63) is 40.1 Å². The number of nitrogens with zero attached hydrogens (tertiary/aromatic N) is 3. The molecule has 1 aromatic heterocycles. The van der Waals surface area contributed by atoms with E-state index in [1.165, 1.54) is 13.2 Å². The Morgan fingerprint density at radius 2 is 2.30 bits per heavy atom. The van der Waals surface area contributed by atoms with Crippen molar-refractivity contribution >= 4 is 17.2 Å². The predicted molar refractivity (Wildman–Crippen MR) is 74.6 cm³/mol. The fraction of sp³-hybridized carbons (Fsp3) is 0.250. The zero-order chi connectivity index (χ0) is 14.7. The molecule has 3 N–H and O–H groups in total. The summed E-state index contributed by atoms with van der Waals surface area (Å²) in [5.74, 6) is 0.955. The summed E-state index contributed by atoms with van der Waals surface area (Å²) in [4.78, 5) is 10.6. The van der Waals surface area contributed by atoms with Gasteiger partial charge in [-0.2, -0.15) is 5.10 Å². The Bertz CT molecular complexity index is 638. The highest BCUT2D eigenvalue weighted by Gasteiger charge is 2.15. The molecular weight excluding hydrogens is 262 g/mol. The van der Waals surface area contributed by atoms with Crippen LogP contribution in [-0.2, 0) is 13.6 Å². The third-order valence-electron chi connectivity index (χ3n) is 2.94. The van der Waals surface area contributed by atoms with Gasteiger partial charge in [-0.3, -0.25) is 14.8 Å². The number of aryl methyl sites for hydroxylation is 1. The van der Waals surface area contributed by atoms with E-state index in [0.717, 1.165) is 5.56 Å². The Kier molecular flexibility index (Phi) is 3.74. The van der Waals surface area contributed by atoms with Crippen LogP contribution in [0.5, 0.6) is 5.75 Å². The number of anilines is 2. The maximum absolute atomic E-state index is 11.0. The Hall–Kier alpha value is -2.77. The number of rotatable bonds is 5. The summed E-state index contributed by atoms with van der Waals surface area (Å²) < 4.78 is 6.52. The number of hydrogen-bond acceptors (Lipinski definition) is 6. The summed E-state index contributed by atoms with van der Waals surface area (Å²) >= 11 is 0. The third kappa shape index (κ3) is 2.63. The number of nitrogens with one attached hydrogen (secondary N) is 1. The van der Waals surface area contributed by atoms with E-state index in [-0.39, 0.29) is 5.69 Å². The first-order valence-electron chi connectivity index (χ1n) is 5.85. The molecule has 106 valence electrons. The Balaban J connectivity index is 2.21. The molecule has 20 heavy (non-hydrogen) atoms. The molecule has 0 radical (unpaired) electrons. The molecule has 0 atom stereocenters. The summed E-state index contributed by atoms with van der Waals surface area (Å²) in [6.45, 7) is 0.354. The normalized spacial score (nSPS) is 10.3. The lowest BCUT2D eigenvalue weighted by Crippen LogP contribution is -2.05. The number of nitro benzene ring substituents is 1. The molecule has 2 aromatic rings. The van der Waals surface area contributed by atoms with Gasteiger partial charge in [0.15, 0.2) is 0 Å². The zero-order valence-corrected chi connectivity index (χ0v) is 11.2. The van der Waals surface area contributed by atoms with Gasteiger partial charge in [0.05, 0.1) is 24.3 Å². The van der Waals surface area contributed by atoms with Crippen molar-refractivity contribution in [3.8, 4) is 5.75 Å². The molecule has 1 heterocycles. The predicted octanol–water partition coefficient (Wildman–Crippen LogP) is 1.53. The fourth-order valence-electron chi connectivity index (χ4n) is 1.76. The second-order valence-corrected chi connectivity index (χ2v) is 4.17. The van der Waals surface area contributed by atoms with Crippen LogP contribution in [-0.4, -0.2) is 21.8 Å². The lowest BCUT2D eigenvalue weighted by atomic mass is 10.2. The molecule has 0 bridgehead atoms. The van der Waals surface area contributed by atoms with Crippen LogP contribution < -0.4 is 15.8 Å². The van der Waals surface area contributed by atoms with Crippen molar-refractivity contribution in [3.63, 3.8) is 0 Å².